The van der Waals surface area contributed by atoms with E-state index >= 15 is 0 Å². The van der Waals surface area contributed by atoms with Crippen LogP contribution >= 0.6 is 11.6 Å². The number of halogens is 2. The maximum Gasteiger partial charge on any atom is 0.254 e. The van der Waals surface area contributed by atoms with Crippen LogP contribution in [0.25, 0.3) is 0 Å². The minimum atomic E-state index is -0.696. The molecule has 2 N–H and O–H groups in total. The SMILES string of the molecule is N#Cc1ccc(CC(=O)N2CCc3[nH]nc(CNC(=O)c4ccc(Cl)cc4F)c3C2)cc1. The highest BCUT2D eigenvalue weighted by molar-refractivity contribution is 6.30. The predicted molar refractivity (Wildman–Crippen MR) is 115 cm³/mol. The van der Waals surface area contributed by atoms with Crippen LogP contribution < -0.4 is 5.32 Å². The second-order valence-electron chi connectivity index (χ2n) is 7.49. The second kappa shape index (κ2) is 9.20. The van der Waals surface area contributed by atoms with Crippen molar-refractivity contribution in [1.82, 2.24) is 20.4 Å². The molecule has 4 rings (SSSR count). The molecule has 9 heteroatoms. The number of carbonyl (C=O) groups excluding carboxylic acids is 2. The molecule has 0 atom stereocenters. The number of hydrogen-bond donors (Lipinski definition) is 2. The van der Waals surface area contributed by atoms with Crippen molar-refractivity contribution < 1.29 is 14.0 Å². The van der Waals surface area contributed by atoms with Gasteiger partial charge in [0.15, 0.2) is 0 Å². The molecule has 2 aromatic carbocycles. The molecule has 32 heavy (non-hydrogen) atoms. The van der Waals surface area contributed by atoms with Crippen LogP contribution in [0.5, 0.6) is 0 Å². The van der Waals surface area contributed by atoms with E-state index < -0.39 is 11.7 Å². The molecule has 3 aromatic rings. The Kier molecular flexibility index (Phi) is 6.19. The number of nitrogens with zero attached hydrogens (tertiary/aromatic N) is 3. The van der Waals surface area contributed by atoms with Crippen LogP contribution in [0.4, 0.5) is 4.39 Å². The third-order valence-electron chi connectivity index (χ3n) is 5.40. The number of fused-ring (bicyclic) bond motifs is 1. The molecule has 0 aliphatic carbocycles. The number of nitrogens with one attached hydrogen (secondary N) is 2. The van der Waals surface area contributed by atoms with Crippen molar-refractivity contribution in [2.24, 2.45) is 0 Å². The fourth-order valence-corrected chi connectivity index (χ4v) is 3.79. The topological polar surface area (TPSA) is 102 Å². The Morgan fingerprint density at radius 2 is 2.03 bits per heavy atom. The van der Waals surface area contributed by atoms with E-state index in [1.165, 1.54) is 12.1 Å². The summed E-state index contributed by atoms with van der Waals surface area (Å²) in [5.74, 6) is -1.29. The van der Waals surface area contributed by atoms with Gasteiger partial charge in [-0.15, -0.1) is 0 Å². The largest absolute Gasteiger partial charge is 0.346 e. The first kappa shape index (κ1) is 21.5. The van der Waals surface area contributed by atoms with Gasteiger partial charge in [-0.25, -0.2) is 4.39 Å². The Balaban J connectivity index is 1.40. The first-order chi connectivity index (χ1) is 15.4. The first-order valence-electron chi connectivity index (χ1n) is 9.99. The standard InChI is InChI=1S/C23H19ClFN5O2/c24-16-5-6-17(19(25)10-16)23(32)27-12-21-18-13-30(8-7-20(18)28-29-21)22(31)9-14-1-3-15(11-26)4-2-14/h1-6,10H,7-9,12-13H2,(H,27,32)(H,28,29). The van der Waals surface area contributed by atoms with Gasteiger partial charge >= 0.3 is 0 Å². The van der Waals surface area contributed by atoms with Gasteiger partial charge in [0, 0.05) is 35.8 Å². The summed E-state index contributed by atoms with van der Waals surface area (Å²) in [5, 5.41) is 19.0. The Morgan fingerprint density at radius 3 is 2.75 bits per heavy atom. The summed E-state index contributed by atoms with van der Waals surface area (Å²) in [6.45, 7) is 1.04. The highest BCUT2D eigenvalue weighted by Gasteiger charge is 2.25. The quantitative estimate of drug-likeness (QED) is 0.622. The summed E-state index contributed by atoms with van der Waals surface area (Å²) in [6.07, 6.45) is 0.863. The van der Waals surface area contributed by atoms with E-state index in [1.807, 2.05) is 0 Å². The van der Waals surface area contributed by atoms with Crippen molar-refractivity contribution in [2.75, 3.05) is 6.54 Å². The lowest BCUT2D eigenvalue weighted by Crippen LogP contribution is -2.37. The monoisotopic (exact) mass is 451 g/mol. The smallest absolute Gasteiger partial charge is 0.254 e. The van der Waals surface area contributed by atoms with E-state index in [-0.39, 0.29) is 29.5 Å². The number of amides is 2. The Labute approximate surface area is 188 Å². The molecule has 0 saturated heterocycles. The number of aromatic nitrogens is 2. The van der Waals surface area contributed by atoms with E-state index in [4.69, 9.17) is 16.9 Å². The van der Waals surface area contributed by atoms with Gasteiger partial charge in [0.25, 0.3) is 5.91 Å². The van der Waals surface area contributed by atoms with Gasteiger partial charge in [-0.3, -0.25) is 14.7 Å². The number of rotatable bonds is 5. The number of carbonyl (C=O) groups is 2. The summed E-state index contributed by atoms with van der Waals surface area (Å²) in [7, 11) is 0. The van der Waals surface area contributed by atoms with Crippen molar-refractivity contribution in [3.05, 3.63) is 86.9 Å². The van der Waals surface area contributed by atoms with E-state index in [1.54, 1.807) is 29.2 Å². The average Bonchev–Trinajstić information content (AvgIpc) is 3.20. The Bertz CT molecular complexity index is 1220. The van der Waals surface area contributed by atoms with Crippen LogP contribution in [0, 0.1) is 17.1 Å². The summed E-state index contributed by atoms with van der Waals surface area (Å²) in [4.78, 5) is 26.9. The number of H-pyrrole nitrogens is 1. The van der Waals surface area contributed by atoms with Crippen molar-refractivity contribution in [1.29, 1.82) is 5.26 Å². The molecule has 0 radical (unpaired) electrons. The van der Waals surface area contributed by atoms with Crippen LogP contribution in [0.1, 0.15) is 38.4 Å². The normalized spacial score (nSPS) is 12.7. The zero-order valence-electron chi connectivity index (χ0n) is 17.0. The Hall–Kier alpha value is -3.70. The van der Waals surface area contributed by atoms with Gasteiger partial charge in [-0.1, -0.05) is 23.7 Å². The third-order valence-corrected chi connectivity index (χ3v) is 5.64. The van der Waals surface area contributed by atoms with Gasteiger partial charge in [-0.05, 0) is 35.9 Å². The van der Waals surface area contributed by atoms with E-state index in [0.29, 0.717) is 30.8 Å². The minimum Gasteiger partial charge on any atom is -0.346 e. The van der Waals surface area contributed by atoms with Gasteiger partial charge in [0.05, 0.1) is 35.9 Å². The zero-order valence-corrected chi connectivity index (χ0v) is 17.7. The lowest BCUT2D eigenvalue weighted by molar-refractivity contribution is -0.131. The molecule has 1 aliphatic rings. The average molecular weight is 452 g/mol. The van der Waals surface area contributed by atoms with Gasteiger partial charge in [0.1, 0.15) is 5.82 Å². The maximum atomic E-state index is 14.0. The zero-order chi connectivity index (χ0) is 22.7. The molecule has 162 valence electrons. The third kappa shape index (κ3) is 4.63. The van der Waals surface area contributed by atoms with Crippen LogP contribution in [0.15, 0.2) is 42.5 Å². The van der Waals surface area contributed by atoms with Crippen LogP contribution in [0.3, 0.4) is 0 Å². The van der Waals surface area contributed by atoms with Gasteiger partial charge < -0.3 is 10.2 Å². The van der Waals surface area contributed by atoms with Crippen molar-refractivity contribution in [3.8, 4) is 6.07 Å². The summed E-state index contributed by atoms with van der Waals surface area (Å²) < 4.78 is 14.0. The lowest BCUT2D eigenvalue weighted by Gasteiger charge is -2.27. The van der Waals surface area contributed by atoms with Crippen LogP contribution in [-0.4, -0.2) is 33.5 Å². The highest BCUT2D eigenvalue weighted by atomic mass is 35.5. The molecule has 0 spiro atoms. The molecule has 7 nitrogen and oxygen atoms in total. The van der Waals surface area contributed by atoms with Crippen LogP contribution in [0.2, 0.25) is 5.02 Å². The highest BCUT2D eigenvalue weighted by Crippen LogP contribution is 2.22. The number of hydrogen-bond acceptors (Lipinski definition) is 4. The summed E-state index contributed by atoms with van der Waals surface area (Å²) >= 11 is 5.73. The minimum absolute atomic E-state index is 0.0280. The van der Waals surface area contributed by atoms with E-state index in [2.05, 4.69) is 21.6 Å². The second-order valence-corrected chi connectivity index (χ2v) is 7.92. The molecule has 0 saturated carbocycles. The predicted octanol–water partition coefficient (Wildman–Crippen LogP) is 3.13. The fraction of sp³-hybridized carbons (Fsp3) is 0.217. The number of nitriles is 1. The summed E-state index contributed by atoms with van der Waals surface area (Å²) in [5.41, 5.74) is 3.68. The van der Waals surface area contributed by atoms with Crippen molar-refractivity contribution in [2.45, 2.75) is 25.9 Å². The van der Waals surface area contributed by atoms with E-state index in [9.17, 15) is 14.0 Å². The molecular formula is C23H19ClFN5O2. The van der Waals surface area contributed by atoms with Crippen LogP contribution in [-0.2, 0) is 30.7 Å². The molecule has 0 fully saturated rings. The lowest BCUT2D eigenvalue weighted by atomic mass is 10.0. The maximum absolute atomic E-state index is 14.0. The molecule has 1 aromatic heterocycles. The fourth-order valence-electron chi connectivity index (χ4n) is 3.63. The molecule has 0 bridgehead atoms. The number of aromatic amines is 1. The molecule has 0 unspecified atom stereocenters. The molecular weight excluding hydrogens is 433 g/mol. The van der Waals surface area contributed by atoms with Gasteiger partial charge in [0.2, 0.25) is 5.91 Å². The van der Waals surface area contributed by atoms with Gasteiger partial charge in [-0.2, -0.15) is 10.4 Å². The molecule has 2 heterocycles. The van der Waals surface area contributed by atoms with Crippen molar-refractivity contribution >= 4 is 23.4 Å². The molecule has 1 aliphatic heterocycles. The van der Waals surface area contributed by atoms with Crippen molar-refractivity contribution in [3.63, 3.8) is 0 Å². The molecule has 2 amide bonds. The number of benzene rings is 2. The Morgan fingerprint density at radius 1 is 1.25 bits per heavy atom. The van der Waals surface area contributed by atoms with E-state index in [0.717, 1.165) is 22.9 Å². The first-order valence-corrected chi connectivity index (χ1v) is 10.4. The summed E-state index contributed by atoms with van der Waals surface area (Å²) in [6, 6.07) is 12.9.